The van der Waals surface area contributed by atoms with E-state index in [4.69, 9.17) is 28.3 Å². The van der Waals surface area contributed by atoms with E-state index < -0.39 is 5.38 Å². The molecule has 3 aliphatic heterocycles. The number of nitrogens with zero attached hydrogens (tertiary/aromatic N) is 3. The molecule has 0 radical (unpaired) electrons. The molecule has 1 amide bonds. The summed E-state index contributed by atoms with van der Waals surface area (Å²) in [6, 6.07) is 17.4. The number of likely N-dealkylation sites (tertiary alicyclic amines) is 1. The van der Waals surface area contributed by atoms with Crippen molar-refractivity contribution in [1.82, 2.24) is 9.91 Å². The van der Waals surface area contributed by atoms with Gasteiger partial charge in [-0.3, -0.25) is 9.69 Å². The molecular formula is C19H13Cl2N3OS2. The molecule has 2 aromatic carbocycles. The van der Waals surface area contributed by atoms with Crippen molar-refractivity contribution in [1.29, 1.82) is 0 Å². The Hall–Kier alpha value is -1.60. The smallest absolute Gasteiger partial charge is 0.249 e. The highest BCUT2D eigenvalue weighted by molar-refractivity contribution is 8.18. The highest BCUT2D eigenvalue weighted by Crippen LogP contribution is 2.53. The third kappa shape index (κ3) is 2.78. The van der Waals surface area contributed by atoms with Crippen LogP contribution in [0.1, 0.15) is 22.5 Å². The summed E-state index contributed by atoms with van der Waals surface area (Å²) in [5.41, 5.74) is 2.02. The average Bonchev–Trinajstić information content (AvgIpc) is 3.27. The lowest BCUT2D eigenvalue weighted by atomic mass is 9.94. The molecule has 0 spiro atoms. The summed E-state index contributed by atoms with van der Waals surface area (Å²) < 4.78 is 0. The topological polar surface area (TPSA) is 35.9 Å². The monoisotopic (exact) mass is 433 g/mol. The summed E-state index contributed by atoms with van der Waals surface area (Å²) in [6.45, 7) is 0. The number of amidine groups is 1. The van der Waals surface area contributed by atoms with Crippen molar-refractivity contribution < 1.29 is 4.79 Å². The van der Waals surface area contributed by atoms with Crippen LogP contribution in [0.3, 0.4) is 0 Å². The number of carbonyl (C=O) groups is 1. The maximum atomic E-state index is 12.5. The van der Waals surface area contributed by atoms with E-state index in [0.29, 0.717) is 10.2 Å². The maximum absolute atomic E-state index is 12.5. The SMILES string of the molecule is O=C1C(Cl)C(c2ccccc2Cl)N1C1=NN2C(=CSC2c2ccccc2)S1. The van der Waals surface area contributed by atoms with Crippen molar-refractivity contribution in [2.24, 2.45) is 5.10 Å². The fourth-order valence-electron chi connectivity index (χ4n) is 3.34. The lowest BCUT2D eigenvalue weighted by Gasteiger charge is -2.43. The predicted molar refractivity (Wildman–Crippen MR) is 112 cm³/mol. The molecule has 136 valence electrons. The van der Waals surface area contributed by atoms with E-state index in [0.717, 1.165) is 10.6 Å². The van der Waals surface area contributed by atoms with Gasteiger partial charge in [0.25, 0.3) is 0 Å². The van der Waals surface area contributed by atoms with Crippen LogP contribution in [0.15, 0.2) is 70.1 Å². The van der Waals surface area contributed by atoms with Crippen molar-refractivity contribution in [3.63, 3.8) is 0 Å². The van der Waals surface area contributed by atoms with Crippen molar-refractivity contribution in [3.8, 4) is 0 Å². The van der Waals surface area contributed by atoms with E-state index in [2.05, 4.69) is 17.5 Å². The van der Waals surface area contributed by atoms with Crippen LogP contribution in [0.4, 0.5) is 0 Å². The molecule has 1 fully saturated rings. The van der Waals surface area contributed by atoms with Gasteiger partial charge in [-0.1, -0.05) is 71.9 Å². The van der Waals surface area contributed by atoms with Crippen LogP contribution in [-0.4, -0.2) is 26.4 Å². The molecule has 2 aromatic rings. The van der Waals surface area contributed by atoms with E-state index in [1.807, 2.05) is 47.5 Å². The number of hydrogen-bond acceptors (Lipinski definition) is 5. The van der Waals surface area contributed by atoms with Crippen LogP contribution in [0.5, 0.6) is 0 Å². The summed E-state index contributed by atoms with van der Waals surface area (Å²) >= 11 is 15.9. The second-order valence-electron chi connectivity index (χ2n) is 6.26. The fraction of sp³-hybridized carbons (Fsp3) is 0.158. The largest absolute Gasteiger partial charge is 0.278 e. The zero-order chi connectivity index (χ0) is 18.5. The number of alkyl halides is 1. The number of halogens is 2. The van der Waals surface area contributed by atoms with E-state index in [1.165, 1.54) is 17.3 Å². The lowest BCUT2D eigenvalue weighted by molar-refractivity contribution is -0.138. The molecule has 4 nitrogen and oxygen atoms in total. The fourth-order valence-corrected chi connectivity index (χ4v) is 6.17. The Labute approximate surface area is 175 Å². The number of rotatable bonds is 2. The Balaban J connectivity index is 1.46. The van der Waals surface area contributed by atoms with Crippen LogP contribution in [-0.2, 0) is 4.79 Å². The molecule has 1 saturated heterocycles. The van der Waals surface area contributed by atoms with Crippen molar-refractivity contribution in [2.45, 2.75) is 16.8 Å². The van der Waals surface area contributed by atoms with Gasteiger partial charge in [-0.25, -0.2) is 5.01 Å². The number of amides is 1. The van der Waals surface area contributed by atoms with Gasteiger partial charge < -0.3 is 0 Å². The van der Waals surface area contributed by atoms with Gasteiger partial charge in [0.15, 0.2) is 5.17 Å². The highest BCUT2D eigenvalue weighted by Gasteiger charge is 2.52. The standard InChI is InChI=1S/C19H13Cl2N3OS2/c20-13-9-5-4-8-12(13)16-15(21)17(25)23(16)19-22-24-14(27-19)10-26-18(24)11-6-2-1-3-7-11/h1-10,15-16,18H. The maximum Gasteiger partial charge on any atom is 0.249 e. The lowest BCUT2D eigenvalue weighted by Crippen LogP contribution is -2.57. The minimum Gasteiger partial charge on any atom is -0.278 e. The van der Waals surface area contributed by atoms with E-state index in [9.17, 15) is 4.79 Å². The Bertz CT molecular complexity index is 982. The number of thioether (sulfide) groups is 2. The first-order valence-electron chi connectivity index (χ1n) is 8.33. The first-order valence-corrected chi connectivity index (χ1v) is 10.9. The van der Waals surface area contributed by atoms with Gasteiger partial charge in [-0.05, 0) is 29.0 Å². The van der Waals surface area contributed by atoms with E-state index >= 15 is 0 Å². The highest BCUT2D eigenvalue weighted by atomic mass is 35.5. The quantitative estimate of drug-likeness (QED) is 0.469. The van der Waals surface area contributed by atoms with Gasteiger partial charge in [0.2, 0.25) is 5.91 Å². The number of benzene rings is 2. The van der Waals surface area contributed by atoms with Crippen LogP contribution < -0.4 is 0 Å². The zero-order valence-corrected chi connectivity index (χ0v) is 17.0. The Morgan fingerprint density at radius 2 is 1.78 bits per heavy atom. The Kier molecular flexibility index (Phi) is 4.39. The van der Waals surface area contributed by atoms with Crippen LogP contribution in [0, 0.1) is 0 Å². The molecule has 3 atom stereocenters. The van der Waals surface area contributed by atoms with Gasteiger partial charge in [0.05, 0.1) is 6.04 Å². The second kappa shape index (κ2) is 6.78. The first-order chi connectivity index (χ1) is 13.1. The van der Waals surface area contributed by atoms with Crippen LogP contribution >= 0.6 is 46.7 Å². The van der Waals surface area contributed by atoms with E-state index in [-0.39, 0.29) is 17.3 Å². The molecule has 0 N–H and O–H groups in total. The Morgan fingerprint density at radius 3 is 2.56 bits per heavy atom. The summed E-state index contributed by atoms with van der Waals surface area (Å²) in [6.07, 6.45) is 0. The summed E-state index contributed by atoms with van der Waals surface area (Å²) in [4.78, 5) is 14.2. The number of hydrazone groups is 1. The molecule has 3 aliphatic rings. The predicted octanol–water partition coefficient (Wildman–Crippen LogP) is 5.40. The third-order valence-electron chi connectivity index (χ3n) is 4.68. The number of fused-ring (bicyclic) bond motifs is 1. The average molecular weight is 434 g/mol. The second-order valence-corrected chi connectivity index (χ2v) is 9.08. The van der Waals surface area contributed by atoms with Gasteiger partial charge in [0, 0.05) is 10.4 Å². The molecular weight excluding hydrogens is 421 g/mol. The molecule has 5 rings (SSSR count). The van der Waals surface area contributed by atoms with Crippen molar-refractivity contribution in [3.05, 3.63) is 81.2 Å². The molecule has 3 heterocycles. The minimum atomic E-state index is -0.628. The minimum absolute atomic E-state index is 0.0770. The summed E-state index contributed by atoms with van der Waals surface area (Å²) in [7, 11) is 0. The molecule has 0 aromatic heterocycles. The van der Waals surface area contributed by atoms with Gasteiger partial charge in [-0.2, -0.15) is 0 Å². The van der Waals surface area contributed by atoms with Crippen LogP contribution in [0.25, 0.3) is 0 Å². The zero-order valence-electron chi connectivity index (χ0n) is 13.8. The molecule has 8 heteroatoms. The summed E-state index contributed by atoms with van der Waals surface area (Å²) in [5, 5.41) is 10.5. The number of carbonyl (C=O) groups excluding carboxylic acids is 1. The van der Waals surface area contributed by atoms with Gasteiger partial charge in [-0.15, -0.1) is 16.7 Å². The Morgan fingerprint density at radius 1 is 1.04 bits per heavy atom. The number of hydrogen-bond donors (Lipinski definition) is 0. The first kappa shape index (κ1) is 17.5. The van der Waals surface area contributed by atoms with E-state index in [1.54, 1.807) is 16.7 Å². The van der Waals surface area contributed by atoms with Crippen molar-refractivity contribution >= 4 is 57.8 Å². The van der Waals surface area contributed by atoms with Crippen LogP contribution in [0.2, 0.25) is 5.02 Å². The molecule has 0 bridgehead atoms. The molecule has 27 heavy (non-hydrogen) atoms. The summed E-state index contributed by atoms with van der Waals surface area (Å²) in [5.74, 6) is -0.140. The molecule has 3 unspecified atom stereocenters. The normalized spacial score (nSPS) is 26.6. The molecule has 0 aliphatic carbocycles. The third-order valence-corrected chi connectivity index (χ3v) is 7.66. The van der Waals surface area contributed by atoms with Gasteiger partial charge in [0.1, 0.15) is 15.8 Å². The number of β-lactam (4-membered cyclic amide) rings is 1. The van der Waals surface area contributed by atoms with Gasteiger partial charge >= 0.3 is 0 Å². The van der Waals surface area contributed by atoms with Crippen molar-refractivity contribution in [2.75, 3.05) is 0 Å². The molecule has 0 saturated carbocycles.